The number of hydrogen-bond acceptors (Lipinski definition) is 4. The van der Waals surface area contributed by atoms with Crippen molar-refractivity contribution in [3.05, 3.63) is 40.4 Å². The van der Waals surface area contributed by atoms with E-state index in [0.717, 1.165) is 4.31 Å². The fourth-order valence-electron chi connectivity index (χ4n) is 1.02. The highest BCUT2D eigenvalue weighted by Gasteiger charge is 2.24. The second-order valence-electron chi connectivity index (χ2n) is 2.88. The molecular formula is C8H10N2O4S. The minimum Gasteiger partial charge on any atom is -0.268 e. The van der Waals surface area contributed by atoms with E-state index in [-0.39, 0.29) is 0 Å². The van der Waals surface area contributed by atoms with Gasteiger partial charge in [0, 0.05) is 12.0 Å². The van der Waals surface area contributed by atoms with Gasteiger partial charge < -0.3 is 0 Å². The van der Waals surface area contributed by atoms with Gasteiger partial charge in [0.05, 0.1) is 5.69 Å². The van der Waals surface area contributed by atoms with E-state index >= 15 is 0 Å². The molecule has 6 nitrogen and oxygen atoms in total. The van der Waals surface area contributed by atoms with E-state index in [1.807, 2.05) is 0 Å². The van der Waals surface area contributed by atoms with Crippen LogP contribution in [0.2, 0.25) is 0 Å². The molecule has 0 heterocycles. The first kappa shape index (κ1) is 11.4. The van der Waals surface area contributed by atoms with Crippen molar-refractivity contribution in [3.8, 4) is 0 Å². The highest BCUT2D eigenvalue weighted by Crippen LogP contribution is 2.14. The smallest absolute Gasteiger partial charge is 0.268 e. The van der Waals surface area contributed by atoms with Crippen molar-refractivity contribution in [2.24, 2.45) is 0 Å². The normalized spacial score (nSPS) is 11.0. The first-order valence-corrected chi connectivity index (χ1v) is 5.68. The summed E-state index contributed by atoms with van der Waals surface area (Å²) in [7, 11) is -2.59. The van der Waals surface area contributed by atoms with E-state index in [2.05, 4.69) is 0 Å². The third kappa shape index (κ3) is 2.91. The van der Waals surface area contributed by atoms with Crippen LogP contribution in [-0.4, -0.2) is 26.3 Å². The second kappa shape index (κ2) is 4.26. The molecule has 0 spiro atoms. The molecule has 1 aromatic rings. The van der Waals surface area contributed by atoms with Crippen molar-refractivity contribution in [3.63, 3.8) is 0 Å². The third-order valence-corrected chi connectivity index (χ3v) is 3.39. The summed E-state index contributed by atoms with van der Waals surface area (Å²) in [4.78, 5) is 9.28. The molecule has 0 amide bonds. The molecule has 0 aliphatic rings. The predicted molar refractivity (Wildman–Crippen MR) is 55.6 cm³/mol. The van der Waals surface area contributed by atoms with Gasteiger partial charge in [-0.25, -0.2) is 0 Å². The summed E-state index contributed by atoms with van der Waals surface area (Å²) < 4.78 is 23.7. The first-order valence-electron chi connectivity index (χ1n) is 4.07. The van der Waals surface area contributed by atoms with Crippen LogP contribution in [0.1, 0.15) is 0 Å². The molecule has 0 aliphatic carbocycles. The lowest BCUT2D eigenvalue weighted by atomic mass is 10.3. The molecule has 0 aliphatic heterocycles. The third-order valence-electron chi connectivity index (χ3n) is 1.81. The molecule has 0 unspecified atom stereocenters. The Hall–Kier alpha value is -1.63. The van der Waals surface area contributed by atoms with Gasteiger partial charge in [0.25, 0.3) is 0 Å². The second-order valence-corrected chi connectivity index (χ2v) is 4.85. The molecule has 0 atom stereocenters. The number of sulfonamides is 1. The molecule has 0 radical (unpaired) electrons. The van der Waals surface area contributed by atoms with Crippen LogP contribution >= 0.6 is 0 Å². The van der Waals surface area contributed by atoms with Gasteiger partial charge in [-0.15, -0.1) is 0 Å². The number of rotatable bonds is 4. The van der Waals surface area contributed by atoms with Crippen LogP contribution in [0, 0.1) is 10.1 Å². The topological polar surface area (TPSA) is 80.5 Å². The maximum absolute atomic E-state index is 11.4. The number of nitro groups is 1. The van der Waals surface area contributed by atoms with Crippen LogP contribution in [0.25, 0.3) is 0 Å². The van der Waals surface area contributed by atoms with Gasteiger partial charge in [0.2, 0.25) is 0 Å². The van der Waals surface area contributed by atoms with Crippen LogP contribution in [-0.2, 0) is 10.0 Å². The van der Waals surface area contributed by atoms with Gasteiger partial charge in [0.1, 0.15) is 0 Å². The monoisotopic (exact) mass is 230 g/mol. The zero-order chi connectivity index (χ0) is 11.5. The number of nitrogens with zero attached hydrogens (tertiary/aromatic N) is 2. The van der Waals surface area contributed by atoms with Gasteiger partial charge in [-0.2, -0.15) is 8.42 Å². The molecule has 1 aromatic carbocycles. The Morgan fingerprint density at radius 3 is 2.33 bits per heavy atom. The van der Waals surface area contributed by atoms with Crippen LogP contribution in [0.4, 0.5) is 5.69 Å². The van der Waals surface area contributed by atoms with Crippen LogP contribution in [0.15, 0.2) is 30.3 Å². The Morgan fingerprint density at radius 2 is 1.87 bits per heavy atom. The van der Waals surface area contributed by atoms with Crippen LogP contribution < -0.4 is 4.31 Å². The Balaban J connectivity index is 2.95. The average molecular weight is 230 g/mol. The number of benzene rings is 1. The van der Waals surface area contributed by atoms with E-state index in [0.29, 0.717) is 5.69 Å². The zero-order valence-electron chi connectivity index (χ0n) is 8.03. The lowest BCUT2D eigenvalue weighted by molar-refractivity contribution is -0.458. The fourth-order valence-corrected chi connectivity index (χ4v) is 1.90. The molecule has 0 saturated heterocycles. The van der Waals surface area contributed by atoms with Crippen molar-refractivity contribution in [2.45, 2.75) is 0 Å². The molecule has 0 aromatic heterocycles. The fraction of sp³-hybridized carbons (Fsp3) is 0.250. The summed E-state index contributed by atoms with van der Waals surface area (Å²) in [5, 5.41) is 10.2. The van der Waals surface area contributed by atoms with Gasteiger partial charge in [-0.1, -0.05) is 18.2 Å². The van der Waals surface area contributed by atoms with E-state index in [1.54, 1.807) is 30.3 Å². The maximum Gasteiger partial charge on any atom is 0.320 e. The molecule has 0 N–H and O–H groups in total. The molecule has 15 heavy (non-hydrogen) atoms. The SMILES string of the molecule is CN(c1ccccc1)S(=O)(=O)C[N+](=O)[O-]. The number of hydrogen-bond donors (Lipinski definition) is 0. The van der Waals surface area contributed by atoms with Crippen molar-refractivity contribution in [1.29, 1.82) is 0 Å². The highest BCUT2D eigenvalue weighted by atomic mass is 32.2. The standard InChI is InChI=1S/C8H10N2O4S/c1-9(8-5-3-2-4-6-8)15(13,14)7-10(11)12/h2-6H,7H2,1H3. The van der Waals surface area contributed by atoms with Gasteiger partial charge in [0.15, 0.2) is 0 Å². The molecule has 82 valence electrons. The summed E-state index contributed by atoms with van der Waals surface area (Å²) in [6.45, 7) is 0. The van der Waals surface area contributed by atoms with E-state index in [4.69, 9.17) is 0 Å². The highest BCUT2D eigenvalue weighted by molar-refractivity contribution is 7.92. The van der Waals surface area contributed by atoms with Gasteiger partial charge >= 0.3 is 15.9 Å². The molecular weight excluding hydrogens is 220 g/mol. The minimum atomic E-state index is -3.88. The molecule has 7 heteroatoms. The Kier molecular flexibility index (Phi) is 3.25. The molecule has 0 bridgehead atoms. The van der Waals surface area contributed by atoms with Crippen molar-refractivity contribution in [2.75, 3.05) is 17.2 Å². The Labute approximate surface area is 87.3 Å². The minimum absolute atomic E-state index is 0.402. The number of anilines is 1. The summed E-state index contributed by atoms with van der Waals surface area (Å²) in [5.41, 5.74) is 0.402. The van der Waals surface area contributed by atoms with Crippen LogP contribution in [0.3, 0.4) is 0 Å². The summed E-state index contributed by atoms with van der Waals surface area (Å²) in [6.07, 6.45) is 0. The predicted octanol–water partition coefficient (Wildman–Crippen LogP) is 0.687. The molecule has 0 saturated carbocycles. The quantitative estimate of drug-likeness (QED) is 0.563. The van der Waals surface area contributed by atoms with Crippen molar-refractivity contribution < 1.29 is 13.3 Å². The summed E-state index contributed by atoms with van der Waals surface area (Å²) >= 11 is 0. The summed E-state index contributed by atoms with van der Waals surface area (Å²) in [5.74, 6) is -1.10. The van der Waals surface area contributed by atoms with E-state index in [1.165, 1.54) is 7.05 Å². The Morgan fingerprint density at radius 1 is 1.33 bits per heavy atom. The van der Waals surface area contributed by atoms with Crippen molar-refractivity contribution >= 4 is 15.7 Å². The molecule has 0 fully saturated rings. The first-order chi connectivity index (χ1) is 6.93. The van der Waals surface area contributed by atoms with Gasteiger partial charge in [-0.05, 0) is 12.1 Å². The van der Waals surface area contributed by atoms with Gasteiger partial charge in [-0.3, -0.25) is 14.4 Å². The molecule has 1 rings (SSSR count). The summed E-state index contributed by atoms with van der Waals surface area (Å²) in [6, 6.07) is 8.19. The lowest BCUT2D eigenvalue weighted by Gasteiger charge is -2.16. The lowest BCUT2D eigenvalue weighted by Crippen LogP contribution is -2.31. The van der Waals surface area contributed by atoms with E-state index < -0.39 is 20.8 Å². The van der Waals surface area contributed by atoms with Crippen molar-refractivity contribution in [1.82, 2.24) is 0 Å². The Bertz CT molecular complexity index is 443. The van der Waals surface area contributed by atoms with Crippen LogP contribution in [0.5, 0.6) is 0 Å². The largest absolute Gasteiger partial charge is 0.320 e. The number of para-hydroxylation sites is 1. The van der Waals surface area contributed by atoms with E-state index in [9.17, 15) is 18.5 Å². The average Bonchev–Trinajstić information content (AvgIpc) is 2.16. The maximum atomic E-state index is 11.4. The zero-order valence-corrected chi connectivity index (χ0v) is 8.85.